The lowest BCUT2D eigenvalue weighted by Gasteiger charge is -2.12. The number of nitrogens with two attached hydrogens (primary N) is 1. The number of aryl methyl sites for hydroxylation is 1. The second kappa shape index (κ2) is 5.99. The molecule has 0 saturated heterocycles. The Morgan fingerprint density at radius 2 is 1.84 bits per heavy atom. The van der Waals surface area contributed by atoms with Crippen molar-refractivity contribution in [1.29, 1.82) is 0 Å². The Kier molecular flexibility index (Phi) is 4.35. The van der Waals surface area contributed by atoms with Crippen LogP contribution in [0.15, 0.2) is 24.3 Å². The van der Waals surface area contributed by atoms with Gasteiger partial charge in [-0.15, -0.1) is 5.10 Å². The van der Waals surface area contributed by atoms with Crippen LogP contribution in [0.2, 0.25) is 5.02 Å². The largest absolute Gasteiger partial charge is 0.471 e. The topological polar surface area (TPSA) is 61.0 Å². The van der Waals surface area contributed by atoms with Gasteiger partial charge in [0.05, 0.1) is 5.69 Å². The Morgan fingerprint density at radius 3 is 2.47 bits per heavy atom. The van der Waals surface area contributed by atoms with Gasteiger partial charge in [-0.05, 0) is 37.1 Å². The van der Waals surface area contributed by atoms with Crippen molar-refractivity contribution in [2.24, 2.45) is 5.73 Å². The van der Waals surface area contributed by atoms with Gasteiger partial charge in [-0.2, -0.15) is 5.10 Å². The number of benzene rings is 1. The summed E-state index contributed by atoms with van der Waals surface area (Å²) in [4.78, 5) is 0. The van der Waals surface area contributed by atoms with E-state index < -0.39 is 0 Å². The number of rotatable bonds is 4. The van der Waals surface area contributed by atoms with E-state index in [1.807, 2.05) is 38.1 Å². The standard InChI is InChI=1S/C14H16ClN3O/c1-9-10(2)17-18-14(13(9)7-16)19-8-11-3-5-12(15)6-4-11/h3-6H,7-8,16H2,1-2H3. The number of nitrogens with zero attached hydrogens (tertiary/aromatic N) is 2. The molecule has 0 aliphatic heterocycles. The SMILES string of the molecule is Cc1nnc(OCc2ccc(Cl)cc2)c(CN)c1C. The predicted octanol–water partition coefficient (Wildman–Crippen LogP) is 2.78. The summed E-state index contributed by atoms with van der Waals surface area (Å²) in [6.07, 6.45) is 0. The van der Waals surface area contributed by atoms with Gasteiger partial charge < -0.3 is 10.5 Å². The Balaban J connectivity index is 2.15. The van der Waals surface area contributed by atoms with Gasteiger partial charge in [0.2, 0.25) is 5.88 Å². The van der Waals surface area contributed by atoms with E-state index >= 15 is 0 Å². The summed E-state index contributed by atoms with van der Waals surface area (Å²) in [6, 6.07) is 7.49. The van der Waals surface area contributed by atoms with Gasteiger partial charge in [-0.25, -0.2) is 0 Å². The molecule has 0 atom stereocenters. The van der Waals surface area contributed by atoms with Gasteiger partial charge in [0.15, 0.2) is 0 Å². The third-order valence-electron chi connectivity index (χ3n) is 3.04. The normalized spacial score (nSPS) is 10.5. The van der Waals surface area contributed by atoms with Crippen molar-refractivity contribution >= 4 is 11.6 Å². The van der Waals surface area contributed by atoms with Gasteiger partial charge in [0.25, 0.3) is 0 Å². The first-order valence-electron chi connectivity index (χ1n) is 6.02. The summed E-state index contributed by atoms with van der Waals surface area (Å²) >= 11 is 5.84. The van der Waals surface area contributed by atoms with Crippen molar-refractivity contribution < 1.29 is 4.74 Å². The molecule has 2 N–H and O–H groups in total. The van der Waals surface area contributed by atoms with Crippen LogP contribution < -0.4 is 10.5 Å². The minimum atomic E-state index is 0.387. The van der Waals surface area contributed by atoms with E-state index in [1.165, 1.54) is 0 Å². The lowest BCUT2D eigenvalue weighted by Crippen LogP contribution is -2.09. The fourth-order valence-corrected chi connectivity index (χ4v) is 1.85. The number of hydrogen-bond acceptors (Lipinski definition) is 4. The molecule has 0 unspecified atom stereocenters. The molecule has 4 nitrogen and oxygen atoms in total. The van der Waals surface area contributed by atoms with E-state index in [-0.39, 0.29) is 0 Å². The van der Waals surface area contributed by atoms with Crippen LogP contribution in [0.5, 0.6) is 5.88 Å². The van der Waals surface area contributed by atoms with Crippen molar-refractivity contribution in [2.75, 3.05) is 0 Å². The zero-order valence-corrected chi connectivity index (χ0v) is 11.7. The summed E-state index contributed by atoms with van der Waals surface area (Å²) in [7, 11) is 0. The van der Waals surface area contributed by atoms with Crippen LogP contribution in [0.4, 0.5) is 0 Å². The molecule has 0 aliphatic carbocycles. The van der Waals surface area contributed by atoms with Crippen LogP contribution in [-0.4, -0.2) is 10.2 Å². The lowest BCUT2D eigenvalue weighted by atomic mass is 10.1. The van der Waals surface area contributed by atoms with Gasteiger partial charge in [0, 0.05) is 17.1 Å². The first-order valence-corrected chi connectivity index (χ1v) is 6.39. The summed E-state index contributed by atoms with van der Waals surface area (Å²) in [5.41, 5.74) is 9.57. The fraction of sp³-hybridized carbons (Fsp3) is 0.286. The first kappa shape index (κ1) is 13.8. The minimum Gasteiger partial charge on any atom is -0.471 e. The predicted molar refractivity (Wildman–Crippen MR) is 75.2 cm³/mol. The van der Waals surface area contributed by atoms with Crippen molar-refractivity contribution in [3.63, 3.8) is 0 Å². The van der Waals surface area contributed by atoms with Gasteiger partial charge in [-0.3, -0.25) is 0 Å². The molecule has 1 heterocycles. The molecule has 0 spiro atoms. The fourth-order valence-electron chi connectivity index (χ4n) is 1.72. The molecule has 0 amide bonds. The maximum Gasteiger partial charge on any atom is 0.238 e. The number of aromatic nitrogens is 2. The maximum atomic E-state index is 5.84. The molecule has 0 aliphatic rings. The van der Waals surface area contributed by atoms with Crippen LogP contribution in [0.3, 0.4) is 0 Å². The lowest BCUT2D eigenvalue weighted by molar-refractivity contribution is 0.286. The van der Waals surface area contributed by atoms with E-state index in [0.29, 0.717) is 24.1 Å². The van der Waals surface area contributed by atoms with Gasteiger partial charge in [0.1, 0.15) is 6.61 Å². The summed E-state index contributed by atoms with van der Waals surface area (Å²) in [5.74, 6) is 0.501. The molecular weight excluding hydrogens is 262 g/mol. The maximum absolute atomic E-state index is 5.84. The second-order valence-corrected chi connectivity index (χ2v) is 4.75. The Hall–Kier alpha value is -1.65. The van der Waals surface area contributed by atoms with E-state index in [0.717, 1.165) is 22.4 Å². The van der Waals surface area contributed by atoms with Crippen molar-refractivity contribution in [2.45, 2.75) is 27.0 Å². The van der Waals surface area contributed by atoms with E-state index in [4.69, 9.17) is 22.1 Å². The zero-order chi connectivity index (χ0) is 13.8. The van der Waals surface area contributed by atoms with Crippen molar-refractivity contribution in [3.8, 4) is 5.88 Å². The highest BCUT2D eigenvalue weighted by Gasteiger charge is 2.10. The third-order valence-corrected chi connectivity index (χ3v) is 3.29. The zero-order valence-electron chi connectivity index (χ0n) is 11.0. The number of hydrogen-bond donors (Lipinski definition) is 1. The minimum absolute atomic E-state index is 0.387. The molecule has 2 rings (SSSR count). The third kappa shape index (κ3) is 3.22. The number of halogens is 1. The highest BCUT2D eigenvalue weighted by molar-refractivity contribution is 6.30. The molecule has 0 radical (unpaired) electrons. The highest BCUT2D eigenvalue weighted by atomic mass is 35.5. The second-order valence-electron chi connectivity index (χ2n) is 4.31. The molecule has 2 aromatic rings. The first-order chi connectivity index (χ1) is 9.11. The number of ether oxygens (including phenoxy) is 1. The highest BCUT2D eigenvalue weighted by Crippen LogP contribution is 2.21. The Bertz CT molecular complexity index is 570. The average Bonchev–Trinajstić information content (AvgIpc) is 2.42. The van der Waals surface area contributed by atoms with Crippen molar-refractivity contribution in [3.05, 3.63) is 51.7 Å². The molecule has 100 valence electrons. The van der Waals surface area contributed by atoms with E-state index in [1.54, 1.807) is 0 Å². The van der Waals surface area contributed by atoms with Crippen LogP contribution in [0.1, 0.15) is 22.4 Å². The Morgan fingerprint density at radius 1 is 1.16 bits per heavy atom. The molecule has 0 bridgehead atoms. The van der Waals surface area contributed by atoms with Gasteiger partial charge >= 0.3 is 0 Å². The van der Waals surface area contributed by atoms with Crippen LogP contribution in [0.25, 0.3) is 0 Å². The van der Waals surface area contributed by atoms with Gasteiger partial charge in [-0.1, -0.05) is 23.7 Å². The molecule has 5 heteroatoms. The van der Waals surface area contributed by atoms with Crippen molar-refractivity contribution in [1.82, 2.24) is 10.2 Å². The monoisotopic (exact) mass is 277 g/mol. The van der Waals surface area contributed by atoms with Crippen LogP contribution in [0, 0.1) is 13.8 Å². The smallest absolute Gasteiger partial charge is 0.238 e. The summed E-state index contributed by atoms with van der Waals surface area (Å²) in [6.45, 7) is 4.69. The van der Waals surface area contributed by atoms with Crippen LogP contribution >= 0.6 is 11.6 Å². The van der Waals surface area contributed by atoms with E-state index in [2.05, 4.69) is 10.2 Å². The molecular formula is C14H16ClN3O. The quantitative estimate of drug-likeness (QED) is 0.933. The summed E-state index contributed by atoms with van der Waals surface area (Å²) < 4.78 is 5.69. The summed E-state index contributed by atoms with van der Waals surface area (Å²) in [5, 5.41) is 8.83. The molecule has 0 saturated carbocycles. The Labute approximate surface area is 117 Å². The molecule has 19 heavy (non-hydrogen) atoms. The molecule has 1 aromatic heterocycles. The van der Waals surface area contributed by atoms with E-state index in [9.17, 15) is 0 Å². The van der Waals surface area contributed by atoms with Crippen LogP contribution in [-0.2, 0) is 13.2 Å². The molecule has 1 aromatic carbocycles. The molecule has 0 fully saturated rings. The average molecular weight is 278 g/mol.